The van der Waals surface area contributed by atoms with Gasteiger partial charge in [-0.2, -0.15) is 0 Å². The summed E-state index contributed by atoms with van der Waals surface area (Å²) in [6.45, 7) is 2.00. The Kier molecular flexibility index (Phi) is 7.30. The van der Waals surface area contributed by atoms with Gasteiger partial charge in [-0.1, -0.05) is 18.2 Å². The average Bonchev–Trinajstić information content (AvgIpc) is 3.13. The maximum Gasteiger partial charge on any atom is 0.363 e. The van der Waals surface area contributed by atoms with Crippen molar-refractivity contribution in [2.24, 2.45) is 4.99 Å². The number of carbonyl (C=O) groups excluding carboxylic acids is 2. The molecule has 0 N–H and O–H groups in total. The van der Waals surface area contributed by atoms with Crippen molar-refractivity contribution in [3.63, 3.8) is 0 Å². The molecule has 1 aliphatic heterocycles. The molecule has 0 amide bonds. The Morgan fingerprint density at radius 1 is 0.969 bits per heavy atom. The Morgan fingerprint density at radius 2 is 1.66 bits per heavy atom. The second kappa shape index (κ2) is 10.00. The number of esters is 2. The highest BCUT2D eigenvalue weighted by Crippen LogP contribution is 2.31. The fraction of sp³-hybridized carbons (Fsp3) is 0.0417. The highest BCUT2D eigenvalue weighted by Gasteiger charge is 2.25. The van der Waals surface area contributed by atoms with E-state index in [1.165, 1.54) is 0 Å². The Hall–Kier alpha value is -1.80. The van der Waals surface area contributed by atoms with E-state index >= 15 is 0 Å². The monoisotopic (exact) mass is 761 g/mol. The highest BCUT2D eigenvalue weighted by atomic mass is 127. The van der Waals surface area contributed by atoms with Crippen molar-refractivity contribution in [2.45, 2.75) is 6.92 Å². The fourth-order valence-corrected chi connectivity index (χ4v) is 5.33. The molecule has 0 aromatic heterocycles. The van der Waals surface area contributed by atoms with Crippen LogP contribution in [0.1, 0.15) is 27.0 Å². The van der Waals surface area contributed by atoms with Gasteiger partial charge in [0.25, 0.3) is 0 Å². The van der Waals surface area contributed by atoms with Crippen molar-refractivity contribution in [1.82, 2.24) is 0 Å². The molecule has 1 aliphatic rings. The molecule has 8 heteroatoms. The first-order valence-corrected chi connectivity index (χ1v) is 12.6. The van der Waals surface area contributed by atoms with Gasteiger partial charge in [-0.05, 0) is 134 Å². The largest absolute Gasteiger partial charge is 0.421 e. The van der Waals surface area contributed by atoms with E-state index in [-0.39, 0.29) is 5.70 Å². The third-order valence-corrected chi connectivity index (χ3v) is 7.37. The lowest BCUT2D eigenvalue weighted by Crippen LogP contribution is -2.10. The molecule has 0 atom stereocenters. The summed E-state index contributed by atoms with van der Waals surface area (Å²) in [5.74, 6) is -0.150. The number of rotatable bonds is 4. The van der Waals surface area contributed by atoms with Crippen molar-refractivity contribution in [2.75, 3.05) is 0 Å². The summed E-state index contributed by atoms with van der Waals surface area (Å²) in [5.41, 5.74) is 3.30. The Balaban J connectivity index is 1.60. The molecule has 0 fully saturated rings. The van der Waals surface area contributed by atoms with Crippen molar-refractivity contribution in [3.8, 4) is 5.75 Å². The number of benzene rings is 3. The second-order valence-electron chi connectivity index (χ2n) is 6.87. The van der Waals surface area contributed by atoms with Crippen molar-refractivity contribution in [1.29, 1.82) is 0 Å². The molecular formula is C24H14I3NO4. The van der Waals surface area contributed by atoms with Crippen LogP contribution in [0, 0.1) is 17.6 Å². The van der Waals surface area contributed by atoms with Gasteiger partial charge in [0.15, 0.2) is 11.4 Å². The first-order valence-electron chi connectivity index (χ1n) is 9.37. The van der Waals surface area contributed by atoms with Gasteiger partial charge in [0.1, 0.15) is 0 Å². The summed E-state index contributed by atoms with van der Waals surface area (Å²) in [7, 11) is 0. The van der Waals surface area contributed by atoms with Crippen molar-refractivity contribution >= 4 is 91.7 Å². The van der Waals surface area contributed by atoms with Gasteiger partial charge in [0, 0.05) is 9.13 Å². The second-order valence-corrected chi connectivity index (χ2v) is 10.4. The predicted molar refractivity (Wildman–Crippen MR) is 148 cm³/mol. The van der Waals surface area contributed by atoms with E-state index in [1.54, 1.807) is 30.3 Å². The minimum Gasteiger partial charge on any atom is -0.421 e. The number of aryl methyl sites for hydroxylation is 1. The number of hydrogen-bond donors (Lipinski definition) is 0. The minimum atomic E-state index is -0.499. The van der Waals surface area contributed by atoms with E-state index in [1.807, 2.05) is 43.3 Å². The summed E-state index contributed by atoms with van der Waals surface area (Å²) in [4.78, 5) is 29.2. The molecule has 0 radical (unpaired) electrons. The number of nitrogens with zero attached hydrogens (tertiary/aromatic N) is 1. The summed E-state index contributed by atoms with van der Waals surface area (Å²) < 4.78 is 13.6. The van der Waals surface area contributed by atoms with Crippen LogP contribution in [0.25, 0.3) is 6.08 Å². The van der Waals surface area contributed by atoms with E-state index < -0.39 is 11.9 Å². The van der Waals surface area contributed by atoms with Gasteiger partial charge in [0.2, 0.25) is 5.90 Å². The van der Waals surface area contributed by atoms with E-state index in [0.29, 0.717) is 17.2 Å². The molecule has 3 aromatic rings. The maximum absolute atomic E-state index is 12.4. The average molecular weight is 761 g/mol. The molecule has 0 spiro atoms. The van der Waals surface area contributed by atoms with Crippen LogP contribution in [-0.4, -0.2) is 17.8 Å². The summed E-state index contributed by atoms with van der Waals surface area (Å²) >= 11 is 6.48. The predicted octanol–water partition coefficient (Wildman–Crippen LogP) is 6.37. The zero-order valence-corrected chi connectivity index (χ0v) is 23.0. The van der Waals surface area contributed by atoms with Crippen LogP contribution in [0.5, 0.6) is 5.75 Å². The zero-order chi connectivity index (χ0) is 22.8. The molecule has 4 rings (SSSR count). The van der Waals surface area contributed by atoms with Gasteiger partial charge in [-0.15, -0.1) is 0 Å². The smallest absolute Gasteiger partial charge is 0.363 e. The van der Waals surface area contributed by atoms with Crippen molar-refractivity contribution < 1.29 is 19.1 Å². The molecule has 0 unspecified atom stereocenters. The van der Waals surface area contributed by atoms with Gasteiger partial charge in [-0.3, -0.25) is 0 Å². The number of halogens is 3. The van der Waals surface area contributed by atoms with Crippen LogP contribution >= 0.6 is 67.8 Å². The van der Waals surface area contributed by atoms with E-state index in [0.717, 1.165) is 27.4 Å². The first kappa shape index (κ1) is 23.4. The maximum atomic E-state index is 12.4. The number of cyclic esters (lactones) is 1. The standard InChI is InChI=1S/C24H14I3NO4/c1-13-9-16(7-8-17(13)25)22-28-20(24(30)32-22)12-14-10-18(26)21(19(27)11-14)31-23(29)15-5-3-2-4-6-15/h2-12H,1H3/b20-12-. The van der Waals surface area contributed by atoms with Crippen LogP contribution in [0.4, 0.5) is 0 Å². The van der Waals surface area contributed by atoms with Gasteiger partial charge < -0.3 is 9.47 Å². The Labute approximate surface area is 225 Å². The molecule has 0 saturated carbocycles. The normalized spacial score (nSPS) is 14.3. The van der Waals surface area contributed by atoms with Crippen molar-refractivity contribution in [3.05, 3.63) is 99.3 Å². The SMILES string of the molecule is Cc1cc(C2=N/C(=C\c3cc(I)c(OC(=O)c4ccccc4)c(I)c3)C(=O)O2)ccc1I. The van der Waals surface area contributed by atoms with Crippen LogP contribution < -0.4 is 4.74 Å². The minimum absolute atomic E-state index is 0.219. The lowest BCUT2D eigenvalue weighted by Gasteiger charge is -2.10. The summed E-state index contributed by atoms with van der Waals surface area (Å²) in [5, 5.41) is 0. The van der Waals surface area contributed by atoms with Crippen LogP contribution in [0.15, 0.2) is 71.4 Å². The van der Waals surface area contributed by atoms with E-state index in [2.05, 4.69) is 72.8 Å². The number of ether oxygens (including phenoxy) is 2. The molecule has 160 valence electrons. The molecule has 0 saturated heterocycles. The van der Waals surface area contributed by atoms with Crippen LogP contribution in [0.3, 0.4) is 0 Å². The molecule has 0 aliphatic carbocycles. The van der Waals surface area contributed by atoms with E-state index in [9.17, 15) is 9.59 Å². The quantitative estimate of drug-likeness (QED) is 0.134. The summed E-state index contributed by atoms with van der Waals surface area (Å²) in [6, 6.07) is 18.3. The highest BCUT2D eigenvalue weighted by molar-refractivity contribution is 14.1. The molecule has 1 heterocycles. The van der Waals surface area contributed by atoms with Gasteiger partial charge in [-0.25, -0.2) is 14.6 Å². The van der Waals surface area contributed by atoms with Crippen LogP contribution in [0.2, 0.25) is 0 Å². The Bertz CT molecular complexity index is 1280. The molecular weight excluding hydrogens is 747 g/mol. The number of carbonyl (C=O) groups is 2. The Morgan fingerprint density at radius 3 is 2.31 bits per heavy atom. The molecule has 3 aromatic carbocycles. The summed E-state index contributed by atoms with van der Waals surface area (Å²) in [6.07, 6.45) is 1.67. The van der Waals surface area contributed by atoms with Crippen LogP contribution in [-0.2, 0) is 9.53 Å². The number of aliphatic imine (C=N–C) groups is 1. The third-order valence-electron chi connectivity index (χ3n) is 4.55. The zero-order valence-electron chi connectivity index (χ0n) is 16.6. The lowest BCUT2D eigenvalue weighted by atomic mass is 10.1. The first-order chi connectivity index (χ1) is 15.3. The molecule has 5 nitrogen and oxygen atoms in total. The third kappa shape index (κ3) is 5.22. The lowest BCUT2D eigenvalue weighted by molar-refractivity contribution is -0.129. The fourth-order valence-electron chi connectivity index (χ4n) is 2.95. The molecule has 0 bridgehead atoms. The van der Waals surface area contributed by atoms with Gasteiger partial charge in [0.05, 0.1) is 12.7 Å². The van der Waals surface area contributed by atoms with E-state index in [4.69, 9.17) is 9.47 Å². The molecule has 32 heavy (non-hydrogen) atoms. The number of hydrogen-bond acceptors (Lipinski definition) is 5. The van der Waals surface area contributed by atoms with Gasteiger partial charge >= 0.3 is 11.9 Å². The topological polar surface area (TPSA) is 65.0 Å².